The van der Waals surface area contributed by atoms with Gasteiger partial charge in [0.1, 0.15) is 5.82 Å². The summed E-state index contributed by atoms with van der Waals surface area (Å²) in [5.41, 5.74) is 2.06. The quantitative estimate of drug-likeness (QED) is 0.624. The van der Waals surface area contributed by atoms with E-state index in [1.807, 2.05) is 37.4 Å². The van der Waals surface area contributed by atoms with Crippen molar-refractivity contribution in [2.75, 3.05) is 17.7 Å². The average Bonchev–Trinajstić information content (AvgIpc) is 3.31. The second kappa shape index (κ2) is 7.15. The molecular formula is C20H18FN3O2S. The summed E-state index contributed by atoms with van der Waals surface area (Å²) in [4.78, 5) is 19.5. The van der Waals surface area contributed by atoms with Gasteiger partial charge in [0.05, 0.1) is 11.6 Å². The fraction of sp³-hybridized carbons (Fsp3) is 0.250. The van der Waals surface area contributed by atoms with Gasteiger partial charge >= 0.3 is 0 Å². The third kappa shape index (κ3) is 3.47. The lowest BCUT2D eigenvalue weighted by Gasteiger charge is -2.17. The molecule has 0 aliphatic carbocycles. The van der Waals surface area contributed by atoms with Crippen LogP contribution in [0.4, 0.5) is 10.1 Å². The van der Waals surface area contributed by atoms with Crippen LogP contribution in [-0.2, 0) is 4.79 Å². The van der Waals surface area contributed by atoms with Crippen LogP contribution in [0.5, 0.6) is 0 Å². The molecule has 1 atom stereocenters. The van der Waals surface area contributed by atoms with Crippen LogP contribution >= 0.6 is 11.8 Å². The Labute approximate surface area is 160 Å². The Bertz CT molecular complexity index is 987. The lowest BCUT2D eigenvalue weighted by atomic mass is 10.1. The molecule has 0 spiro atoms. The minimum Gasteiger partial charge on any atom is -0.339 e. The van der Waals surface area contributed by atoms with Crippen molar-refractivity contribution in [2.45, 2.75) is 24.2 Å². The molecule has 1 fully saturated rings. The fourth-order valence-electron chi connectivity index (χ4n) is 3.19. The highest BCUT2D eigenvalue weighted by molar-refractivity contribution is 7.98. The summed E-state index contributed by atoms with van der Waals surface area (Å²) in [6, 6.07) is 12.6. The van der Waals surface area contributed by atoms with Gasteiger partial charge in [-0.25, -0.2) is 4.39 Å². The third-order valence-corrected chi connectivity index (χ3v) is 5.40. The molecule has 0 saturated carbocycles. The van der Waals surface area contributed by atoms with Crippen molar-refractivity contribution >= 4 is 23.4 Å². The number of nitrogens with zero attached hydrogens (tertiary/aromatic N) is 3. The molecule has 1 aliphatic heterocycles. The van der Waals surface area contributed by atoms with Crippen molar-refractivity contribution in [1.29, 1.82) is 0 Å². The Morgan fingerprint density at radius 2 is 2.00 bits per heavy atom. The largest absolute Gasteiger partial charge is 0.339 e. The number of thioether (sulfide) groups is 1. The summed E-state index contributed by atoms with van der Waals surface area (Å²) >= 11 is 1.66. The summed E-state index contributed by atoms with van der Waals surface area (Å²) in [6.45, 7) is 2.19. The van der Waals surface area contributed by atoms with Crippen molar-refractivity contribution < 1.29 is 13.7 Å². The highest BCUT2D eigenvalue weighted by Crippen LogP contribution is 2.33. The van der Waals surface area contributed by atoms with E-state index in [2.05, 4.69) is 10.1 Å². The number of benzene rings is 2. The van der Waals surface area contributed by atoms with Gasteiger partial charge in [-0.1, -0.05) is 11.2 Å². The molecule has 2 aromatic carbocycles. The molecule has 0 bridgehead atoms. The molecule has 1 saturated heterocycles. The lowest BCUT2D eigenvalue weighted by Crippen LogP contribution is -2.25. The molecule has 1 unspecified atom stereocenters. The maximum Gasteiger partial charge on any atom is 0.232 e. The van der Waals surface area contributed by atoms with Crippen molar-refractivity contribution in [2.24, 2.45) is 0 Å². The van der Waals surface area contributed by atoms with Crippen LogP contribution < -0.4 is 4.90 Å². The van der Waals surface area contributed by atoms with Crippen molar-refractivity contribution in [3.8, 4) is 11.4 Å². The topological polar surface area (TPSA) is 59.2 Å². The number of carbonyl (C=O) groups is 1. The molecule has 3 aromatic rings. The average molecular weight is 383 g/mol. The molecule has 27 heavy (non-hydrogen) atoms. The molecule has 0 radical (unpaired) electrons. The van der Waals surface area contributed by atoms with E-state index in [-0.39, 0.29) is 18.2 Å². The van der Waals surface area contributed by atoms with E-state index in [9.17, 15) is 9.18 Å². The number of hydrogen-bond donors (Lipinski definition) is 0. The first-order valence-electron chi connectivity index (χ1n) is 8.59. The first kappa shape index (κ1) is 17.7. The van der Waals surface area contributed by atoms with Gasteiger partial charge < -0.3 is 9.42 Å². The van der Waals surface area contributed by atoms with E-state index >= 15 is 0 Å². The van der Waals surface area contributed by atoms with Crippen LogP contribution in [0, 0.1) is 12.7 Å². The molecule has 1 aliphatic rings. The smallest absolute Gasteiger partial charge is 0.232 e. The van der Waals surface area contributed by atoms with E-state index in [1.165, 1.54) is 11.0 Å². The van der Waals surface area contributed by atoms with Gasteiger partial charge in [0.25, 0.3) is 0 Å². The van der Waals surface area contributed by atoms with Crippen LogP contribution in [0.2, 0.25) is 0 Å². The van der Waals surface area contributed by atoms with Crippen molar-refractivity contribution in [3.63, 3.8) is 0 Å². The molecule has 2 heterocycles. The summed E-state index contributed by atoms with van der Waals surface area (Å²) in [7, 11) is 0. The van der Waals surface area contributed by atoms with Gasteiger partial charge in [0, 0.05) is 23.4 Å². The van der Waals surface area contributed by atoms with E-state index in [0.29, 0.717) is 23.9 Å². The van der Waals surface area contributed by atoms with Gasteiger partial charge in [0.15, 0.2) is 0 Å². The molecular weight excluding hydrogens is 365 g/mol. The standard InChI is InChI=1S/C20H18FN3O2S/c1-12-3-8-16(21)17(9-12)24-11-14(10-18(24)25)20-22-19(23-26-20)13-4-6-15(27-2)7-5-13/h3-9,14H,10-11H2,1-2H3. The van der Waals surface area contributed by atoms with Gasteiger partial charge in [-0.2, -0.15) is 4.98 Å². The van der Waals surface area contributed by atoms with Gasteiger partial charge in [-0.3, -0.25) is 4.79 Å². The summed E-state index contributed by atoms with van der Waals surface area (Å²) < 4.78 is 19.6. The molecule has 4 rings (SSSR count). The van der Waals surface area contributed by atoms with Gasteiger partial charge in [-0.05, 0) is 55.1 Å². The van der Waals surface area contributed by atoms with Crippen molar-refractivity contribution in [1.82, 2.24) is 10.1 Å². The zero-order valence-corrected chi connectivity index (χ0v) is 15.8. The van der Waals surface area contributed by atoms with E-state index in [0.717, 1.165) is 16.0 Å². The van der Waals surface area contributed by atoms with Gasteiger partial charge in [-0.15, -0.1) is 11.8 Å². The number of rotatable bonds is 4. The number of hydrogen-bond acceptors (Lipinski definition) is 5. The molecule has 0 N–H and O–H groups in total. The first-order valence-corrected chi connectivity index (χ1v) is 9.82. The van der Waals surface area contributed by atoms with Crippen LogP contribution in [-0.4, -0.2) is 28.8 Å². The Kier molecular flexibility index (Phi) is 4.70. The maximum absolute atomic E-state index is 14.2. The number of carbonyl (C=O) groups excluding carboxylic acids is 1. The minimum absolute atomic E-state index is 0.145. The predicted octanol–water partition coefficient (Wildman–Crippen LogP) is 4.43. The van der Waals surface area contributed by atoms with Crippen LogP contribution in [0.25, 0.3) is 11.4 Å². The number of aryl methyl sites for hydroxylation is 1. The monoisotopic (exact) mass is 383 g/mol. The van der Waals surface area contributed by atoms with E-state index < -0.39 is 5.82 Å². The maximum atomic E-state index is 14.2. The highest BCUT2D eigenvalue weighted by atomic mass is 32.2. The third-order valence-electron chi connectivity index (χ3n) is 4.66. The Hall–Kier alpha value is -2.67. The molecule has 5 nitrogen and oxygen atoms in total. The molecule has 1 aromatic heterocycles. The predicted molar refractivity (Wildman–Crippen MR) is 102 cm³/mol. The van der Waals surface area contributed by atoms with Crippen molar-refractivity contribution in [3.05, 3.63) is 59.7 Å². The highest BCUT2D eigenvalue weighted by Gasteiger charge is 2.36. The summed E-state index contributed by atoms with van der Waals surface area (Å²) in [5, 5.41) is 4.04. The van der Waals surface area contributed by atoms with Gasteiger partial charge in [0.2, 0.25) is 17.6 Å². The fourth-order valence-corrected chi connectivity index (χ4v) is 3.60. The zero-order chi connectivity index (χ0) is 19.0. The zero-order valence-electron chi connectivity index (χ0n) is 15.0. The number of aromatic nitrogens is 2. The normalized spacial score (nSPS) is 16.9. The second-order valence-corrected chi connectivity index (χ2v) is 7.42. The Morgan fingerprint density at radius 1 is 1.22 bits per heavy atom. The summed E-state index contributed by atoms with van der Waals surface area (Å²) in [6.07, 6.45) is 2.24. The first-order chi connectivity index (χ1) is 13.0. The lowest BCUT2D eigenvalue weighted by molar-refractivity contribution is -0.117. The summed E-state index contributed by atoms with van der Waals surface area (Å²) in [5.74, 6) is 0.0977. The van der Waals surface area contributed by atoms with E-state index in [1.54, 1.807) is 23.9 Å². The van der Waals surface area contributed by atoms with Crippen LogP contribution in [0.1, 0.15) is 23.8 Å². The van der Waals surface area contributed by atoms with E-state index in [4.69, 9.17) is 4.52 Å². The minimum atomic E-state index is -0.408. The second-order valence-electron chi connectivity index (χ2n) is 6.54. The Morgan fingerprint density at radius 3 is 2.74 bits per heavy atom. The SMILES string of the molecule is CSc1ccc(-c2noc(C3CC(=O)N(c4cc(C)ccc4F)C3)n2)cc1. The Balaban J connectivity index is 1.56. The van der Waals surface area contributed by atoms with Crippen LogP contribution in [0.15, 0.2) is 51.9 Å². The number of anilines is 1. The number of amides is 1. The molecule has 7 heteroatoms. The van der Waals surface area contributed by atoms with Crippen LogP contribution in [0.3, 0.4) is 0 Å². The molecule has 138 valence electrons. The molecule has 1 amide bonds. The number of halogens is 1.